The summed E-state index contributed by atoms with van der Waals surface area (Å²) in [5.41, 5.74) is 1.20. The van der Waals surface area contributed by atoms with E-state index in [-0.39, 0.29) is 6.10 Å². The van der Waals surface area contributed by atoms with Gasteiger partial charge < -0.3 is 20.3 Å². The lowest BCUT2D eigenvalue weighted by Crippen LogP contribution is -2.49. The van der Waals surface area contributed by atoms with Gasteiger partial charge in [0, 0.05) is 31.9 Å². The molecule has 0 spiro atoms. The van der Waals surface area contributed by atoms with Crippen molar-refractivity contribution in [1.29, 1.82) is 0 Å². The zero-order chi connectivity index (χ0) is 20.5. The highest BCUT2D eigenvalue weighted by atomic mass is 16.5. The van der Waals surface area contributed by atoms with Gasteiger partial charge in [-0.25, -0.2) is 9.98 Å². The summed E-state index contributed by atoms with van der Waals surface area (Å²) in [4.78, 5) is 11.6. The molecule has 1 fully saturated rings. The summed E-state index contributed by atoms with van der Waals surface area (Å²) < 4.78 is 5.93. The van der Waals surface area contributed by atoms with E-state index in [0.717, 1.165) is 50.0 Å². The molecular weight excluding hydrogens is 362 g/mol. The van der Waals surface area contributed by atoms with E-state index >= 15 is 0 Å². The minimum atomic E-state index is 0.0160. The van der Waals surface area contributed by atoms with Crippen molar-refractivity contribution in [3.05, 3.63) is 54.2 Å². The monoisotopic (exact) mass is 395 g/mol. The van der Waals surface area contributed by atoms with Crippen molar-refractivity contribution in [2.45, 2.75) is 45.8 Å². The van der Waals surface area contributed by atoms with Gasteiger partial charge in [0.25, 0.3) is 0 Å². The molecule has 0 radical (unpaired) electrons. The molecule has 6 nitrogen and oxygen atoms in total. The number of aromatic nitrogens is 1. The number of hydrogen-bond acceptors (Lipinski definition) is 4. The number of aliphatic imine (C=N–C) groups is 1. The number of ether oxygens (including phenoxy) is 1. The molecule has 3 rings (SSSR count). The summed E-state index contributed by atoms with van der Waals surface area (Å²) in [5.74, 6) is 2.81. The van der Waals surface area contributed by atoms with Gasteiger partial charge in [-0.05, 0) is 57.4 Å². The predicted octanol–water partition coefficient (Wildman–Crippen LogP) is 3.38. The van der Waals surface area contributed by atoms with E-state index in [9.17, 15) is 0 Å². The molecule has 1 aliphatic heterocycles. The topological polar surface area (TPSA) is 61.8 Å². The number of para-hydroxylation sites is 1. The molecule has 156 valence electrons. The number of nitrogens with one attached hydrogen (secondary N) is 2. The van der Waals surface area contributed by atoms with Crippen LogP contribution in [0.2, 0.25) is 0 Å². The van der Waals surface area contributed by atoms with E-state index in [1.165, 1.54) is 5.56 Å². The van der Waals surface area contributed by atoms with Crippen molar-refractivity contribution in [2.75, 3.05) is 31.1 Å². The first kappa shape index (κ1) is 21.0. The maximum atomic E-state index is 5.93. The van der Waals surface area contributed by atoms with Crippen LogP contribution in [0.5, 0.6) is 5.75 Å². The van der Waals surface area contributed by atoms with E-state index in [0.29, 0.717) is 12.6 Å². The molecule has 0 amide bonds. The molecule has 0 aliphatic carbocycles. The minimum Gasteiger partial charge on any atom is -0.489 e. The van der Waals surface area contributed by atoms with Gasteiger partial charge in [0.1, 0.15) is 17.7 Å². The number of benzene rings is 1. The summed E-state index contributed by atoms with van der Waals surface area (Å²) in [6.07, 6.45) is 4.09. The van der Waals surface area contributed by atoms with Crippen LogP contribution in [0, 0.1) is 6.92 Å². The van der Waals surface area contributed by atoms with Crippen LogP contribution in [0.15, 0.2) is 53.7 Å². The molecule has 29 heavy (non-hydrogen) atoms. The molecule has 2 aromatic rings. The maximum absolute atomic E-state index is 5.93. The highest BCUT2D eigenvalue weighted by molar-refractivity contribution is 5.80. The smallest absolute Gasteiger partial charge is 0.191 e. The van der Waals surface area contributed by atoms with Crippen molar-refractivity contribution in [3.8, 4) is 5.75 Å². The molecule has 2 heterocycles. The molecule has 1 aromatic heterocycles. The quantitative estimate of drug-likeness (QED) is 0.556. The van der Waals surface area contributed by atoms with Gasteiger partial charge in [0.05, 0.1) is 6.54 Å². The Hall–Kier alpha value is -2.76. The van der Waals surface area contributed by atoms with Crippen molar-refractivity contribution in [3.63, 3.8) is 0 Å². The van der Waals surface area contributed by atoms with Crippen LogP contribution in [0.3, 0.4) is 0 Å². The highest BCUT2D eigenvalue weighted by Crippen LogP contribution is 2.18. The second kappa shape index (κ2) is 10.7. The lowest BCUT2D eigenvalue weighted by molar-refractivity contribution is 0.230. The molecule has 6 heteroatoms. The molecule has 2 N–H and O–H groups in total. The van der Waals surface area contributed by atoms with Gasteiger partial charge in [-0.15, -0.1) is 0 Å². The summed E-state index contributed by atoms with van der Waals surface area (Å²) in [6.45, 7) is 9.66. The molecule has 1 saturated heterocycles. The Kier molecular flexibility index (Phi) is 7.73. The fourth-order valence-corrected chi connectivity index (χ4v) is 3.40. The number of piperidine rings is 1. The third-order valence-electron chi connectivity index (χ3n) is 4.99. The maximum Gasteiger partial charge on any atom is 0.191 e. The molecule has 1 aromatic carbocycles. The summed E-state index contributed by atoms with van der Waals surface area (Å²) in [7, 11) is 0. The molecule has 1 atom stereocenters. The van der Waals surface area contributed by atoms with Crippen molar-refractivity contribution in [1.82, 2.24) is 15.6 Å². The minimum absolute atomic E-state index is 0.0160. The zero-order valence-electron chi connectivity index (χ0n) is 17.8. The van der Waals surface area contributed by atoms with Crippen molar-refractivity contribution < 1.29 is 4.74 Å². The number of anilines is 1. The first-order valence-corrected chi connectivity index (χ1v) is 10.6. The molecular formula is C23H33N5O. The predicted molar refractivity (Wildman–Crippen MR) is 120 cm³/mol. The Morgan fingerprint density at radius 3 is 2.62 bits per heavy atom. The number of nitrogens with zero attached hydrogens (tertiary/aromatic N) is 3. The Bertz CT molecular complexity index is 755. The fraction of sp³-hybridized carbons (Fsp3) is 0.478. The lowest BCUT2D eigenvalue weighted by Gasteiger charge is -2.34. The van der Waals surface area contributed by atoms with Crippen LogP contribution in [-0.4, -0.2) is 49.3 Å². The van der Waals surface area contributed by atoms with Crippen LogP contribution in [0.1, 0.15) is 32.3 Å². The molecule has 1 aliphatic rings. The SMILES string of the molecule is CCNC(=NCC(C)Oc1ccccc1)NC1CCN(c2ccc(C)cn2)CC1. The van der Waals surface area contributed by atoms with Crippen LogP contribution >= 0.6 is 0 Å². The third-order valence-corrected chi connectivity index (χ3v) is 4.99. The van der Waals surface area contributed by atoms with Crippen molar-refractivity contribution >= 4 is 11.8 Å². The Balaban J connectivity index is 1.48. The summed E-state index contributed by atoms with van der Waals surface area (Å²) in [6, 6.07) is 14.6. The Morgan fingerprint density at radius 1 is 1.21 bits per heavy atom. The number of hydrogen-bond donors (Lipinski definition) is 2. The van der Waals surface area contributed by atoms with E-state index in [1.807, 2.05) is 43.5 Å². The van der Waals surface area contributed by atoms with Gasteiger partial charge in [-0.2, -0.15) is 0 Å². The lowest BCUT2D eigenvalue weighted by atomic mass is 10.1. The van der Waals surface area contributed by atoms with Crippen LogP contribution in [0.4, 0.5) is 5.82 Å². The zero-order valence-corrected chi connectivity index (χ0v) is 17.8. The molecule has 0 saturated carbocycles. The van der Waals surface area contributed by atoms with Crippen LogP contribution in [-0.2, 0) is 0 Å². The van der Waals surface area contributed by atoms with Crippen LogP contribution < -0.4 is 20.3 Å². The first-order valence-electron chi connectivity index (χ1n) is 10.6. The van der Waals surface area contributed by atoms with E-state index in [4.69, 9.17) is 9.73 Å². The second-order valence-corrected chi connectivity index (χ2v) is 7.56. The normalized spacial score (nSPS) is 16.4. The molecule has 0 bridgehead atoms. The van der Waals surface area contributed by atoms with Crippen LogP contribution in [0.25, 0.3) is 0 Å². The fourth-order valence-electron chi connectivity index (χ4n) is 3.40. The van der Waals surface area contributed by atoms with E-state index in [2.05, 4.69) is 46.5 Å². The Labute approximate surface area is 174 Å². The van der Waals surface area contributed by atoms with Crippen molar-refractivity contribution in [2.24, 2.45) is 4.99 Å². The van der Waals surface area contributed by atoms with Gasteiger partial charge in [0.2, 0.25) is 0 Å². The highest BCUT2D eigenvalue weighted by Gasteiger charge is 2.21. The largest absolute Gasteiger partial charge is 0.489 e. The standard InChI is InChI=1S/C23H33N5O/c1-4-24-23(26-17-19(3)29-21-8-6-5-7-9-21)27-20-12-14-28(15-13-20)22-11-10-18(2)16-25-22/h5-11,16,19-20H,4,12-15,17H2,1-3H3,(H2,24,26,27). The number of pyridine rings is 1. The van der Waals surface area contributed by atoms with E-state index in [1.54, 1.807) is 0 Å². The third kappa shape index (κ3) is 6.66. The first-order chi connectivity index (χ1) is 14.1. The Morgan fingerprint density at radius 2 is 1.97 bits per heavy atom. The summed E-state index contributed by atoms with van der Waals surface area (Å²) in [5, 5.41) is 6.95. The molecule has 1 unspecified atom stereocenters. The average molecular weight is 396 g/mol. The number of aryl methyl sites for hydroxylation is 1. The van der Waals surface area contributed by atoms with E-state index < -0.39 is 0 Å². The van der Waals surface area contributed by atoms with Gasteiger partial charge in [-0.3, -0.25) is 0 Å². The van der Waals surface area contributed by atoms with Gasteiger partial charge in [0.15, 0.2) is 5.96 Å². The van der Waals surface area contributed by atoms with Gasteiger partial charge in [-0.1, -0.05) is 24.3 Å². The van der Waals surface area contributed by atoms with Gasteiger partial charge >= 0.3 is 0 Å². The number of guanidine groups is 1. The average Bonchev–Trinajstić information content (AvgIpc) is 2.74. The second-order valence-electron chi connectivity index (χ2n) is 7.56. The summed E-state index contributed by atoms with van der Waals surface area (Å²) >= 11 is 0. The number of rotatable bonds is 7.